The standard InChI is InChI=1S/C14H19BN4O4/c15-23-9-18-13(21)8-17-14(22)11(19-12(20)7-16)6-10-4-2-1-3-5-10/h1-5,11H,6-9,16H2,(H,17,22)(H,18,21)(H,19,20). The molecule has 23 heavy (non-hydrogen) atoms. The first-order valence-electron chi connectivity index (χ1n) is 6.96. The first-order valence-corrected chi connectivity index (χ1v) is 6.96. The highest BCUT2D eigenvalue weighted by Crippen LogP contribution is 2.03. The second-order valence-electron chi connectivity index (χ2n) is 4.64. The van der Waals surface area contributed by atoms with Gasteiger partial charge in [-0.3, -0.25) is 14.4 Å². The van der Waals surface area contributed by atoms with Gasteiger partial charge >= 0.3 is 0 Å². The van der Waals surface area contributed by atoms with E-state index >= 15 is 0 Å². The summed E-state index contributed by atoms with van der Waals surface area (Å²) in [6.07, 6.45) is 0.284. The normalized spacial score (nSPS) is 11.3. The fraction of sp³-hybridized carbons (Fsp3) is 0.357. The Morgan fingerprint density at radius 2 is 1.83 bits per heavy atom. The molecule has 0 fully saturated rings. The van der Waals surface area contributed by atoms with E-state index in [0.717, 1.165) is 5.56 Å². The van der Waals surface area contributed by atoms with Crippen LogP contribution in [0, 0.1) is 0 Å². The smallest absolute Gasteiger partial charge is 0.285 e. The van der Waals surface area contributed by atoms with Crippen molar-refractivity contribution in [2.24, 2.45) is 5.73 Å². The summed E-state index contributed by atoms with van der Waals surface area (Å²) in [5, 5.41) is 7.29. The van der Waals surface area contributed by atoms with Gasteiger partial charge < -0.3 is 26.3 Å². The van der Waals surface area contributed by atoms with Crippen molar-refractivity contribution in [1.29, 1.82) is 0 Å². The highest BCUT2D eigenvalue weighted by Gasteiger charge is 2.21. The number of nitrogens with one attached hydrogen (secondary N) is 3. The van der Waals surface area contributed by atoms with E-state index in [4.69, 9.17) is 13.8 Å². The molecule has 1 aromatic rings. The minimum Gasteiger partial charge on any atom is -0.432 e. The molecular weight excluding hydrogens is 299 g/mol. The molecule has 0 aliphatic carbocycles. The molecule has 0 saturated heterocycles. The van der Waals surface area contributed by atoms with Crippen molar-refractivity contribution in [3.8, 4) is 0 Å². The molecule has 0 aromatic heterocycles. The summed E-state index contributed by atoms with van der Waals surface area (Å²) in [5.41, 5.74) is 6.12. The van der Waals surface area contributed by atoms with Crippen molar-refractivity contribution in [2.45, 2.75) is 12.5 Å². The lowest BCUT2D eigenvalue weighted by Crippen LogP contribution is -2.51. The summed E-state index contributed by atoms with van der Waals surface area (Å²) >= 11 is 0. The zero-order chi connectivity index (χ0) is 17.1. The highest BCUT2D eigenvalue weighted by molar-refractivity contribution is 5.98. The summed E-state index contributed by atoms with van der Waals surface area (Å²) in [7, 11) is 4.78. The number of carbonyl (C=O) groups is 3. The van der Waals surface area contributed by atoms with Crippen LogP contribution in [0.4, 0.5) is 0 Å². The molecule has 1 aromatic carbocycles. The molecule has 1 atom stereocenters. The van der Waals surface area contributed by atoms with E-state index in [-0.39, 0.29) is 26.2 Å². The Kier molecular flexibility index (Phi) is 8.41. The van der Waals surface area contributed by atoms with Gasteiger partial charge in [-0.05, 0) is 5.56 Å². The number of hydrogen-bond acceptors (Lipinski definition) is 5. The van der Waals surface area contributed by atoms with Gasteiger partial charge in [-0.1, -0.05) is 30.3 Å². The van der Waals surface area contributed by atoms with Crippen LogP contribution in [0.3, 0.4) is 0 Å². The Bertz CT molecular complexity index is 527. The molecule has 0 spiro atoms. The molecule has 122 valence electrons. The van der Waals surface area contributed by atoms with Gasteiger partial charge in [0.1, 0.15) is 12.8 Å². The van der Waals surface area contributed by atoms with Gasteiger partial charge in [0, 0.05) is 6.42 Å². The summed E-state index contributed by atoms with van der Waals surface area (Å²) in [5.74, 6) is -1.41. The van der Waals surface area contributed by atoms with E-state index in [2.05, 4.69) is 20.6 Å². The van der Waals surface area contributed by atoms with Crippen LogP contribution in [0.2, 0.25) is 0 Å². The molecule has 0 aliphatic rings. The van der Waals surface area contributed by atoms with Crippen LogP contribution in [0.1, 0.15) is 5.56 Å². The number of nitrogens with two attached hydrogens (primary N) is 1. The second-order valence-corrected chi connectivity index (χ2v) is 4.64. The van der Waals surface area contributed by atoms with Crippen LogP contribution in [0.5, 0.6) is 0 Å². The minimum absolute atomic E-state index is 0.161. The number of carbonyl (C=O) groups excluding carboxylic acids is 3. The summed E-state index contributed by atoms with van der Waals surface area (Å²) in [4.78, 5) is 35.0. The number of rotatable bonds is 9. The topological polar surface area (TPSA) is 123 Å². The monoisotopic (exact) mass is 318 g/mol. The molecule has 0 bridgehead atoms. The molecular formula is C14H19BN4O4. The van der Waals surface area contributed by atoms with Gasteiger partial charge in [-0.15, -0.1) is 0 Å². The van der Waals surface area contributed by atoms with E-state index in [1.54, 1.807) is 0 Å². The van der Waals surface area contributed by atoms with Crippen molar-refractivity contribution in [3.05, 3.63) is 35.9 Å². The second kappa shape index (κ2) is 10.4. The first-order chi connectivity index (χ1) is 11.1. The van der Waals surface area contributed by atoms with Gasteiger partial charge in [0.2, 0.25) is 17.7 Å². The van der Waals surface area contributed by atoms with Crippen LogP contribution in [0.15, 0.2) is 30.3 Å². The number of hydrogen-bond donors (Lipinski definition) is 4. The maximum Gasteiger partial charge on any atom is 0.285 e. The molecule has 3 amide bonds. The Morgan fingerprint density at radius 3 is 2.43 bits per heavy atom. The van der Waals surface area contributed by atoms with Crippen LogP contribution >= 0.6 is 0 Å². The Labute approximate surface area is 135 Å². The highest BCUT2D eigenvalue weighted by atomic mass is 16.4. The van der Waals surface area contributed by atoms with E-state index in [1.807, 2.05) is 30.3 Å². The largest absolute Gasteiger partial charge is 0.432 e. The summed E-state index contributed by atoms with van der Waals surface area (Å²) in [6, 6.07) is 8.35. The third kappa shape index (κ3) is 7.43. The van der Waals surface area contributed by atoms with E-state index < -0.39 is 23.8 Å². The fourth-order valence-corrected chi connectivity index (χ4v) is 1.79. The molecule has 8 nitrogen and oxygen atoms in total. The van der Waals surface area contributed by atoms with Crippen LogP contribution in [-0.2, 0) is 25.5 Å². The van der Waals surface area contributed by atoms with Crippen molar-refractivity contribution >= 4 is 25.8 Å². The van der Waals surface area contributed by atoms with Crippen LogP contribution in [-0.4, -0.2) is 51.6 Å². The predicted molar refractivity (Wildman–Crippen MR) is 84.0 cm³/mol. The SMILES string of the molecule is [B]OCNC(=O)CNC(=O)C(Cc1ccccc1)NC(=O)CN. The lowest BCUT2D eigenvalue weighted by atomic mass is 10.1. The Balaban J connectivity index is 2.61. The fourth-order valence-electron chi connectivity index (χ4n) is 1.79. The van der Waals surface area contributed by atoms with Crippen LogP contribution < -0.4 is 21.7 Å². The van der Waals surface area contributed by atoms with Crippen molar-refractivity contribution < 1.29 is 19.0 Å². The maximum absolute atomic E-state index is 12.2. The zero-order valence-corrected chi connectivity index (χ0v) is 12.6. The van der Waals surface area contributed by atoms with Crippen molar-refractivity contribution in [1.82, 2.24) is 16.0 Å². The molecule has 2 radical (unpaired) electrons. The van der Waals surface area contributed by atoms with E-state index in [1.165, 1.54) is 0 Å². The van der Waals surface area contributed by atoms with Gasteiger partial charge in [0.05, 0.1) is 13.1 Å². The molecule has 0 aliphatic heterocycles. The van der Waals surface area contributed by atoms with Gasteiger partial charge in [0.25, 0.3) is 8.05 Å². The zero-order valence-electron chi connectivity index (χ0n) is 12.6. The lowest BCUT2D eigenvalue weighted by Gasteiger charge is -2.18. The third-order valence-electron chi connectivity index (χ3n) is 2.90. The van der Waals surface area contributed by atoms with Crippen molar-refractivity contribution in [2.75, 3.05) is 19.8 Å². The Hall–Kier alpha value is -2.39. The van der Waals surface area contributed by atoms with E-state index in [0.29, 0.717) is 0 Å². The molecule has 0 saturated carbocycles. The minimum atomic E-state index is -0.827. The van der Waals surface area contributed by atoms with Crippen LogP contribution in [0.25, 0.3) is 0 Å². The van der Waals surface area contributed by atoms with Crippen molar-refractivity contribution in [3.63, 3.8) is 0 Å². The van der Waals surface area contributed by atoms with Gasteiger partial charge in [-0.2, -0.15) is 0 Å². The number of benzene rings is 1. The number of amides is 3. The molecule has 9 heteroatoms. The molecule has 1 rings (SSSR count). The molecule has 1 unspecified atom stereocenters. The summed E-state index contributed by atoms with van der Waals surface area (Å²) < 4.78 is 4.20. The lowest BCUT2D eigenvalue weighted by molar-refractivity contribution is -0.130. The average Bonchev–Trinajstić information content (AvgIpc) is 2.57. The summed E-state index contributed by atoms with van der Waals surface area (Å²) in [6.45, 7) is -0.648. The predicted octanol–water partition coefficient (Wildman–Crippen LogP) is -2.04. The average molecular weight is 318 g/mol. The first kappa shape index (κ1) is 18.7. The van der Waals surface area contributed by atoms with Gasteiger partial charge in [0.15, 0.2) is 0 Å². The molecule has 0 heterocycles. The maximum atomic E-state index is 12.2. The van der Waals surface area contributed by atoms with Gasteiger partial charge in [-0.25, -0.2) is 0 Å². The quantitative estimate of drug-likeness (QED) is 0.309. The third-order valence-corrected chi connectivity index (χ3v) is 2.90. The van der Waals surface area contributed by atoms with E-state index in [9.17, 15) is 14.4 Å². The Morgan fingerprint density at radius 1 is 1.13 bits per heavy atom. The molecule has 5 N–H and O–H groups in total.